The van der Waals surface area contributed by atoms with Crippen LogP contribution in [-0.2, 0) is 19.1 Å². The first kappa shape index (κ1) is 17.5. The number of hydrogen-bond acceptors (Lipinski definition) is 4. The van der Waals surface area contributed by atoms with Gasteiger partial charge in [0.2, 0.25) is 5.91 Å². The van der Waals surface area contributed by atoms with Crippen molar-refractivity contribution in [3.8, 4) is 0 Å². The minimum absolute atomic E-state index is 0.0470. The molecule has 118 valence electrons. The monoisotopic (exact) mass is 321 g/mol. The number of para-hydroxylation sites is 1. The Balaban J connectivity index is 2.42. The van der Waals surface area contributed by atoms with Gasteiger partial charge in [-0.15, -0.1) is 0 Å². The van der Waals surface area contributed by atoms with Gasteiger partial charge in [-0.1, -0.05) is 18.2 Å². The molecule has 5 nitrogen and oxygen atoms in total. The molecule has 0 spiro atoms. The van der Waals surface area contributed by atoms with Crippen LogP contribution < -0.4 is 5.32 Å². The Morgan fingerprint density at radius 1 is 1.33 bits per heavy atom. The van der Waals surface area contributed by atoms with Crippen molar-refractivity contribution in [2.75, 3.05) is 18.2 Å². The number of carbonyl (C=O) groups excluding carboxylic acids is 1. The summed E-state index contributed by atoms with van der Waals surface area (Å²) in [5.74, 6) is -3.29. The lowest BCUT2D eigenvalue weighted by molar-refractivity contribution is -0.117. The molecule has 1 rings (SSSR count). The van der Waals surface area contributed by atoms with Gasteiger partial charge in [0.1, 0.15) is 6.67 Å². The quantitative estimate of drug-likeness (QED) is 0.746. The van der Waals surface area contributed by atoms with Crippen LogP contribution in [-0.4, -0.2) is 33.1 Å². The normalized spacial score (nSPS) is 14.4. The van der Waals surface area contributed by atoms with Crippen LogP contribution in [0.4, 0.5) is 14.5 Å². The Kier molecular flexibility index (Phi) is 6.22. The zero-order valence-electron chi connectivity index (χ0n) is 11.5. The third-order valence-electron chi connectivity index (χ3n) is 2.51. The first-order chi connectivity index (χ1) is 9.74. The molecule has 0 aromatic heterocycles. The summed E-state index contributed by atoms with van der Waals surface area (Å²) < 4.78 is 52.1. The second-order valence-corrected chi connectivity index (χ2v) is 6.15. The predicted molar refractivity (Wildman–Crippen MR) is 74.7 cm³/mol. The van der Waals surface area contributed by atoms with Crippen LogP contribution in [0, 0.1) is 0 Å². The molecule has 0 fully saturated rings. The van der Waals surface area contributed by atoms with E-state index in [0.29, 0.717) is 11.9 Å². The molecule has 0 unspecified atom stereocenters. The molecule has 0 aliphatic rings. The highest BCUT2D eigenvalue weighted by Gasteiger charge is 2.35. The van der Waals surface area contributed by atoms with E-state index < -0.39 is 29.1 Å². The molecule has 1 N–H and O–H groups in total. The lowest BCUT2D eigenvalue weighted by atomic mass is 10.1. The summed E-state index contributed by atoms with van der Waals surface area (Å²) in [5, 5.41) is 2.58. The Morgan fingerprint density at radius 3 is 2.48 bits per heavy atom. The fourth-order valence-electron chi connectivity index (χ4n) is 1.66. The molecule has 0 heterocycles. The molecular weight excluding hydrogens is 304 g/mol. The summed E-state index contributed by atoms with van der Waals surface area (Å²) in [6, 6.07) is 8.64. The van der Waals surface area contributed by atoms with Crippen LogP contribution in [0.5, 0.6) is 0 Å². The number of carbonyl (C=O) groups is 1. The van der Waals surface area contributed by atoms with Crippen LogP contribution in [0.3, 0.4) is 0 Å². The van der Waals surface area contributed by atoms with E-state index in [9.17, 15) is 22.0 Å². The van der Waals surface area contributed by atoms with Gasteiger partial charge in [0.05, 0.1) is 6.26 Å². The van der Waals surface area contributed by atoms with E-state index in [1.54, 1.807) is 30.3 Å². The van der Waals surface area contributed by atoms with Gasteiger partial charge in [-0.25, -0.2) is 13.0 Å². The van der Waals surface area contributed by atoms with E-state index in [2.05, 4.69) is 9.50 Å². The Hall–Kier alpha value is -1.54. The zero-order valence-corrected chi connectivity index (χ0v) is 12.3. The van der Waals surface area contributed by atoms with Gasteiger partial charge in [0.15, 0.2) is 0 Å². The number of halogens is 2. The highest BCUT2D eigenvalue weighted by Crippen LogP contribution is 2.24. The van der Waals surface area contributed by atoms with Crippen molar-refractivity contribution in [2.45, 2.75) is 25.1 Å². The molecule has 1 atom stereocenters. The third-order valence-corrected chi connectivity index (χ3v) is 3.11. The second-order valence-electron chi connectivity index (χ2n) is 4.57. The summed E-state index contributed by atoms with van der Waals surface area (Å²) in [4.78, 5) is 11.6. The molecule has 0 bridgehead atoms. The van der Waals surface area contributed by atoms with E-state index in [4.69, 9.17) is 0 Å². The maximum atomic E-state index is 13.8. The molecule has 0 aliphatic heterocycles. The number of alkyl halides is 2. The fourth-order valence-corrected chi connectivity index (χ4v) is 2.33. The van der Waals surface area contributed by atoms with E-state index in [1.165, 1.54) is 0 Å². The Morgan fingerprint density at radius 2 is 1.95 bits per heavy atom. The van der Waals surface area contributed by atoms with Crippen LogP contribution in [0.2, 0.25) is 0 Å². The highest BCUT2D eigenvalue weighted by atomic mass is 32.2. The third kappa shape index (κ3) is 7.14. The molecule has 0 saturated carbocycles. The molecule has 0 saturated heterocycles. The van der Waals surface area contributed by atoms with E-state index in [-0.39, 0.29) is 18.7 Å². The van der Waals surface area contributed by atoms with Gasteiger partial charge in [0.25, 0.3) is 16.0 Å². The molecule has 0 radical (unpaired) electrons. The smallest absolute Gasteiger partial charge is 0.267 e. The largest absolute Gasteiger partial charge is 0.326 e. The first-order valence-corrected chi connectivity index (χ1v) is 8.06. The maximum Gasteiger partial charge on any atom is 0.267 e. The van der Waals surface area contributed by atoms with Crippen LogP contribution in [0.25, 0.3) is 0 Å². The van der Waals surface area contributed by atoms with Crippen molar-refractivity contribution in [2.24, 2.45) is 0 Å². The summed E-state index contributed by atoms with van der Waals surface area (Å²) >= 11 is 0. The number of benzene rings is 1. The van der Waals surface area contributed by atoms with E-state index in [0.717, 1.165) is 0 Å². The number of anilines is 1. The van der Waals surface area contributed by atoms with Crippen molar-refractivity contribution in [1.29, 1.82) is 0 Å². The van der Waals surface area contributed by atoms with Crippen molar-refractivity contribution in [1.82, 2.24) is 0 Å². The molecule has 1 aromatic carbocycles. The minimum Gasteiger partial charge on any atom is -0.326 e. The average molecular weight is 321 g/mol. The predicted octanol–water partition coefficient (Wildman–Crippen LogP) is 2.41. The van der Waals surface area contributed by atoms with Crippen LogP contribution in [0.15, 0.2) is 30.3 Å². The standard InChI is InChI=1S/C13H17F2NO4S/c1-21(18,19)20-13(15,10-14)9-5-8-12(17)16-11-6-3-2-4-7-11/h2-4,6-7H,5,8-10H2,1H3,(H,16,17)/t13-/m0/s1. The molecule has 8 heteroatoms. The topological polar surface area (TPSA) is 72.5 Å². The van der Waals surface area contributed by atoms with Gasteiger partial charge in [-0.05, 0) is 18.6 Å². The summed E-state index contributed by atoms with van der Waals surface area (Å²) in [6.07, 6.45) is -0.0137. The highest BCUT2D eigenvalue weighted by molar-refractivity contribution is 7.86. The average Bonchev–Trinajstić information content (AvgIpc) is 2.37. The van der Waals surface area contributed by atoms with Gasteiger partial charge in [0, 0.05) is 18.5 Å². The van der Waals surface area contributed by atoms with Gasteiger partial charge in [-0.2, -0.15) is 8.42 Å². The van der Waals surface area contributed by atoms with E-state index in [1.807, 2.05) is 0 Å². The molecule has 21 heavy (non-hydrogen) atoms. The van der Waals surface area contributed by atoms with Gasteiger partial charge < -0.3 is 5.32 Å². The van der Waals surface area contributed by atoms with Gasteiger partial charge in [-0.3, -0.25) is 4.79 Å². The summed E-state index contributed by atoms with van der Waals surface area (Å²) in [5.41, 5.74) is 0.590. The van der Waals surface area contributed by atoms with Crippen molar-refractivity contribution >= 4 is 21.7 Å². The number of nitrogens with one attached hydrogen (secondary N) is 1. The van der Waals surface area contributed by atoms with E-state index >= 15 is 0 Å². The van der Waals surface area contributed by atoms with Crippen molar-refractivity contribution in [3.05, 3.63) is 30.3 Å². The number of hydrogen-bond donors (Lipinski definition) is 1. The number of rotatable bonds is 8. The number of amides is 1. The van der Waals surface area contributed by atoms with Gasteiger partial charge >= 0.3 is 0 Å². The lowest BCUT2D eigenvalue weighted by Gasteiger charge is -2.20. The molecule has 0 aliphatic carbocycles. The van der Waals surface area contributed by atoms with Crippen LogP contribution >= 0.6 is 0 Å². The fraction of sp³-hybridized carbons (Fsp3) is 0.462. The second kappa shape index (κ2) is 7.46. The summed E-state index contributed by atoms with van der Waals surface area (Å²) in [7, 11) is -4.11. The first-order valence-electron chi connectivity index (χ1n) is 6.24. The maximum absolute atomic E-state index is 13.8. The van der Waals surface area contributed by atoms with Crippen molar-refractivity contribution < 1.29 is 26.2 Å². The van der Waals surface area contributed by atoms with Crippen molar-refractivity contribution in [3.63, 3.8) is 0 Å². The minimum atomic E-state index is -4.11. The van der Waals surface area contributed by atoms with Crippen LogP contribution in [0.1, 0.15) is 19.3 Å². The molecule has 1 amide bonds. The lowest BCUT2D eigenvalue weighted by Crippen LogP contribution is -2.32. The Labute approximate surface area is 122 Å². The Bertz CT molecular complexity index is 565. The summed E-state index contributed by atoms with van der Waals surface area (Å²) in [6.45, 7) is -1.60. The molecular formula is C13H17F2NO4S. The SMILES string of the molecule is CS(=O)(=O)O[C@](F)(CF)CCCC(=O)Nc1ccccc1. The zero-order chi connectivity index (χ0) is 15.9. The molecule has 1 aromatic rings.